The van der Waals surface area contributed by atoms with Gasteiger partial charge in [-0.1, -0.05) is 6.92 Å². The van der Waals surface area contributed by atoms with Crippen LogP contribution in [0.15, 0.2) is 15.2 Å². The van der Waals surface area contributed by atoms with E-state index in [0.717, 1.165) is 10.2 Å². The lowest BCUT2D eigenvalue weighted by Gasteiger charge is -2.12. The highest BCUT2D eigenvalue weighted by Crippen LogP contribution is 2.20. The van der Waals surface area contributed by atoms with Gasteiger partial charge in [-0.05, 0) is 28.4 Å². The Morgan fingerprint density at radius 1 is 1.79 bits per heavy atom. The Bertz CT molecular complexity index is 310. The van der Waals surface area contributed by atoms with Gasteiger partial charge in [-0.25, -0.2) is 0 Å². The monoisotopic (exact) mass is 277 g/mol. The number of rotatable bonds is 4. The van der Waals surface area contributed by atoms with Crippen LogP contribution in [0.3, 0.4) is 0 Å². The molecule has 0 unspecified atom stereocenters. The van der Waals surface area contributed by atoms with Crippen molar-refractivity contribution in [3.8, 4) is 0 Å². The predicted octanol–water partition coefficient (Wildman–Crippen LogP) is 2.01. The van der Waals surface area contributed by atoms with E-state index < -0.39 is 0 Å². The average molecular weight is 278 g/mol. The lowest BCUT2D eigenvalue weighted by Crippen LogP contribution is -2.36. The Kier molecular flexibility index (Phi) is 4.57. The smallest absolute Gasteiger partial charge is 0.252 e. The summed E-state index contributed by atoms with van der Waals surface area (Å²) in [6, 6.07) is 1.62. The van der Waals surface area contributed by atoms with Crippen molar-refractivity contribution in [2.75, 3.05) is 6.61 Å². The van der Waals surface area contributed by atoms with Gasteiger partial charge in [0.1, 0.15) is 0 Å². The Morgan fingerprint density at radius 3 is 2.93 bits per heavy atom. The molecule has 14 heavy (non-hydrogen) atoms. The normalized spacial score (nSPS) is 12.5. The largest absolute Gasteiger partial charge is 0.394 e. The topological polar surface area (TPSA) is 49.3 Å². The van der Waals surface area contributed by atoms with Gasteiger partial charge in [-0.2, -0.15) is 0 Å². The molecule has 1 aromatic rings. The van der Waals surface area contributed by atoms with Crippen molar-refractivity contribution in [2.45, 2.75) is 19.4 Å². The fourth-order valence-electron chi connectivity index (χ4n) is 0.975. The summed E-state index contributed by atoms with van der Waals surface area (Å²) in [5.74, 6) is -0.132. The summed E-state index contributed by atoms with van der Waals surface area (Å²) < 4.78 is 0.930. The number of nitrogens with one attached hydrogen (secondary N) is 1. The Labute approximate surface area is 95.3 Å². The maximum Gasteiger partial charge on any atom is 0.252 e. The Hall–Kier alpha value is -0.390. The SMILES string of the molecule is CC[C@@H](CO)NC(=O)c1csc(Br)c1. The fourth-order valence-corrected chi connectivity index (χ4v) is 2.11. The minimum atomic E-state index is -0.152. The van der Waals surface area contributed by atoms with Crippen molar-refractivity contribution >= 4 is 33.2 Å². The molecule has 0 saturated heterocycles. The van der Waals surface area contributed by atoms with Crippen molar-refractivity contribution < 1.29 is 9.90 Å². The van der Waals surface area contributed by atoms with Crippen LogP contribution in [-0.2, 0) is 0 Å². The molecule has 1 aromatic heterocycles. The standard InChI is InChI=1S/C9H12BrNO2S/c1-2-7(4-12)11-9(13)6-3-8(10)14-5-6/h3,5,7,12H,2,4H2,1H3,(H,11,13)/t7-/m0/s1. The number of amides is 1. The second kappa shape index (κ2) is 5.48. The van der Waals surface area contributed by atoms with Gasteiger partial charge in [0.15, 0.2) is 0 Å². The number of aliphatic hydroxyl groups excluding tert-OH is 1. The first-order valence-electron chi connectivity index (χ1n) is 4.33. The molecule has 0 spiro atoms. The van der Waals surface area contributed by atoms with Gasteiger partial charge < -0.3 is 10.4 Å². The Balaban J connectivity index is 2.58. The minimum absolute atomic E-state index is 0.0203. The molecular weight excluding hydrogens is 266 g/mol. The van der Waals surface area contributed by atoms with Crippen LogP contribution in [0.4, 0.5) is 0 Å². The third kappa shape index (κ3) is 3.08. The highest BCUT2D eigenvalue weighted by Gasteiger charge is 2.12. The zero-order valence-electron chi connectivity index (χ0n) is 7.79. The van der Waals surface area contributed by atoms with Gasteiger partial charge in [0, 0.05) is 5.38 Å². The average Bonchev–Trinajstić information content (AvgIpc) is 2.61. The molecule has 0 radical (unpaired) electrons. The first kappa shape index (κ1) is 11.7. The van der Waals surface area contributed by atoms with E-state index >= 15 is 0 Å². The highest BCUT2D eigenvalue weighted by atomic mass is 79.9. The molecule has 0 bridgehead atoms. The van der Waals surface area contributed by atoms with Crippen LogP contribution in [0.25, 0.3) is 0 Å². The van der Waals surface area contributed by atoms with Crippen molar-refractivity contribution in [1.82, 2.24) is 5.32 Å². The van der Waals surface area contributed by atoms with Gasteiger partial charge >= 0.3 is 0 Å². The maximum atomic E-state index is 11.5. The van der Waals surface area contributed by atoms with Crippen LogP contribution < -0.4 is 5.32 Å². The molecule has 0 aliphatic heterocycles. The van der Waals surface area contributed by atoms with E-state index in [1.54, 1.807) is 11.4 Å². The molecular formula is C9H12BrNO2S. The van der Waals surface area contributed by atoms with Gasteiger partial charge in [-0.3, -0.25) is 4.79 Å². The highest BCUT2D eigenvalue weighted by molar-refractivity contribution is 9.11. The molecule has 0 fully saturated rings. The van der Waals surface area contributed by atoms with E-state index in [1.165, 1.54) is 11.3 Å². The van der Waals surface area contributed by atoms with Crippen molar-refractivity contribution in [3.63, 3.8) is 0 Å². The first-order valence-corrected chi connectivity index (χ1v) is 6.00. The summed E-state index contributed by atoms with van der Waals surface area (Å²) in [6.45, 7) is 1.90. The lowest BCUT2D eigenvalue weighted by molar-refractivity contribution is 0.0915. The Morgan fingerprint density at radius 2 is 2.50 bits per heavy atom. The molecule has 1 amide bonds. The third-order valence-electron chi connectivity index (χ3n) is 1.88. The molecule has 78 valence electrons. The van der Waals surface area contributed by atoms with E-state index in [-0.39, 0.29) is 18.6 Å². The van der Waals surface area contributed by atoms with Crippen molar-refractivity contribution in [3.05, 3.63) is 20.8 Å². The van der Waals surface area contributed by atoms with Crippen LogP contribution in [0.2, 0.25) is 0 Å². The van der Waals surface area contributed by atoms with Crippen LogP contribution in [0, 0.1) is 0 Å². The van der Waals surface area contributed by atoms with Gasteiger partial charge in [0.2, 0.25) is 0 Å². The van der Waals surface area contributed by atoms with Crippen molar-refractivity contribution in [2.24, 2.45) is 0 Å². The molecule has 2 N–H and O–H groups in total. The van der Waals surface area contributed by atoms with Crippen molar-refractivity contribution in [1.29, 1.82) is 0 Å². The van der Waals surface area contributed by atoms with Crippen LogP contribution in [0.5, 0.6) is 0 Å². The van der Waals surface area contributed by atoms with Gasteiger partial charge in [0.05, 0.1) is 22.0 Å². The van der Waals surface area contributed by atoms with E-state index in [0.29, 0.717) is 5.56 Å². The molecule has 0 aliphatic rings. The van der Waals surface area contributed by atoms with Crippen LogP contribution >= 0.6 is 27.3 Å². The van der Waals surface area contributed by atoms with Crippen LogP contribution in [0.1, 0.15) is 23.7 Å². The summed E-state index contributed by atoms with van der Waals surface area (Å²) in [7, 11) is 0. The van der Waals surface area contributed by atoms with E-state index in [2.05, 4.69) is 21.2 Å². The second-order valence-corrected chi connectivity index (χ2v) is 5.19. The summed E-state index contributed by atoms with van der Waals surface area (Å²) in [4.78, 5) is 11.5. The second-order valence-electron chi connectivity index (χ2n) is 2.90. The van der Waals surface area contributed by atoms with E-state index in [9.17, 15) is 4.79 Å². The number of carbonyl (C=O) groups is 1. The zero-order chi connectivity index (χ0) is 10.6. The number of thiophene rings is 1. The van der Waals surface area contributed by atoms with Gasteiger partial charge in [-0.15, -0.1) is 11.3 Å². The first-order chi connectivity index (χ1) is 6.67. The molecule has 0 aliphatic carbocycles. The summed E-state index contributed by atoms with van der Waals surface area (Å²) in [5.41, 5.74) is 0.633. The third-order valence-corrected chi connectivity index (χ3v) is 3.38. The number of hydrogen-bond donors (Lipinski definition) is 2. The fraction of sp³-hybridized carbons (Fsp3) is 0.444. The maximum absolute atomic E-state index is 11.5. The molecule has 1 rings (SSSR count). The zero-order valence-corrected chi connectivity index (χ0v) is 10.2. The summed E-state index contributed by atoms with van der Waals surface area (Å²) >= 11 is 4.76. The number of aliphatic hydroxyl groups is 1. The van der Waals surface area contributed by atoms with Gasteiger partial charge in [0.25, 0.3) is 5.91 Å². The van der Waals surface area contributed by atoms with Crippen LogP contribution in [-0.4, -0.2) is 23.7 Å². The minimum Gasteiger partial charge on any atom is -0.394 e. The number of carbonyl (C=O) groups excluding carboxylic acids is 1. The molecule has 5 heteroatoms. The molecule has 0 saturated carbocycles. The molecule has 1 heterocycles. The molecule has 0 aromatic carbocycles. The number of halogens is 1. The molecule has 1 atom stereocenters. The quantitative estimate of drug-likeness (QED) is 0.885. The number of hydrogen-bond acceptors (Lipinski definition) is 3. The predicted molar refractivity (Wildman–Crippen MR) is 60.7 cm³/mol. The van der Waals surface area contributed by atoms with E-state index in [4.69, 9.17) is 5.11 Å². The lowest BCUT2D eigenvalue weighted by atomic mass is 10.2. The summed E-state index contributed by atoms with van der Waals surface area (Å²) in [5, 5.41) is 13.4. The molecule has 3 nitrogen and oxygen atoms in total. The summed E-state index contributed by atoms with van der Waals surface area (Å²) in [6.07, 6.45) is 0.730. The van der Waals surface area contributed by atoms with E-state index in [1.807, 2.05) is 6.92 Å².